The molecule has 14 heteroatoms. The fourth-order valence-corrected chi connectivity index (χ4v) is 2.51. The molecule has 1 fully saturated rings. The van der Waals surface area contributed by atoms with Crippen molar-refractivity contribution in [3.63, 3.8) is 0 Å². The van der Waals surface area contributed by atoms with Gasteiger partial charge in [-0.2, -0.15) is 0 Å². The van der Waals surface area contributed by atoms with Crippen LogP contribution in [-0.4, -0.2) is 47.8 Å². The molecule has 1 heterocycles. The van der Waals surface area contributed by atoms with Crippen LogP contribution in [0.25, 0.3) is 0 Å². The molecule has 0 aromatic heterocycles. The summed E-state index contributed by atoms with van der Waals surface area (Å²) in [6.07, 6.45) is -1.37. The van der Waals surface area contributed by atoms with Gasteiger partial charge in [0.25, 0.3) is 0 Å². The van der Waals surface area contributed by atoms with Crippen molar-refractivity contribution in [2.75, 3.05) is 0 Å². The third-order valence-electron chi connectivity index (χ3n) is 2.58. The molecule has 3 atom stereocenters. The van der Waals surface area contributed by atoms with E-state index in [1.54, 1.807) is 0 Å². The summed E-state index contributed by atoms with van der Waals surface area (Å²) in [7, 11) is -2.76. The molecule has 0 aromatic rings. The van der Waals surface area contributed by atoms with E-state index in [0.717, 1.165) is 13.8 Å². The Morgan fingerprint density at radius 1 is 1.23 bits per heavy atom. The van der Waals surface area contributed by atoms with Gasteiger partial charge in [0.1, 0.15) is 6.04 Å². The number of rotatable bonds is 6. The van der Waals surface area contributed by atoms with Crippen molar-refractivity contribution < 1.29 is 77.0 Å². The van der Waals surface area contributed by atoms with Crippen molar-refractivity contribution in [2.24, 2.45) is 0 Å². The molecule has 2 N–H and O–H groups in total. The van der Waals surface area contributed by atoms with Crippen molar-refractivity contribution >= 4 is 44.3 Å². The summed E-state index contributed by atoms with van der Waals surface area (Å²) in [5.41, 5.74) is 0. The van der Waals surface area contributed by atoms with Gasteiger partial charge in [0.2, 0.25) is 11.8 Å². The van der Waals surface area contributed by atoms with Gasteiger partial charge < -0.3 is 34.1 Å². The van der Waals surface area contributed by atoms with Gasteiger partial charge in [-0.15, -0.1) is 0 Å². The standard InChI is InChI=1S/C12H15N2O10P.Na/c1-5(15)13-7(11(19)20)3-9(17)22-25-23-10(18)4-8(12(21)24-25)14-6(2)16;/h7-8H,3-4H2,1-2H3,(H,13,15)(H,14,16)(H,19,20);/q;+1/p-1/t7-,8+,25?;/m0./s1. The van der Waals surface area contributed by atoms with E-state index in [4.69, 9.17) is 0 Å². The zero-order valence-electron chi connectivity index (χ0n) is 14.1. The summed E-state index contributed by atoms with van der Waals surface area (Å²) < 4.78 is 13.9. The van der Waals surface area contributed by atoms with Crippen LogP contribution in [0.1, 0.15) is 26.7 Å². The van der Waals surface area contributed by atoms with Crippen LogP contribution in [-0.2, 0) is 42.3 Å². The van der Waals surface area contributed by atoms with Crippen LogP contribution in [0.2, 0.25) is 0 Å². The fourth-order valence-electron chi connectivity index (χ4n) is 1.64. The first kappa shape index (κ1) is 24.2. The Morgan fingerprint density at radius 2 is 1.85 bits per heavy atom. The summed E-state index contributed by atoms with van der Waals surface area (Å²) in [5.74, 6) is -6.29. The summed E-state index contributed by atoms with van der Waals surface area (Å²) in [4.78, 5) is 67.6. The normalized spacial score (nSPS) is 20.2. The molecule has 1 aliphatic rings. The van der Waals surface area contributed by atoms with Gasteiger partial charge in [-0.3, -0.25) is 19.2 Å². The van der Waals surface area contributed by atoms with E-state index >= 15 is 0 Å². The third-order valence-corrected chi connectivity index (χ3v) is 3.62. The number of aliphatic carboxylic acids is 1. The molecule has 138 valence electrons. The number of carboxylic acids is 1. The van der Waals surface area contributed by atoms with Crippen LogP contribution in [0, 0.1) is 0 Å². The second-order valence-corrected chi connectivity index (χ2v) is 5.79. The molecule has 1 rings (SSSR count). The smallest absolute Gasteiger partial charge is 0.548 e. The minimum absolute atomic E-state index is 0. The maximum Gasteiger partial charge on any atom is 1.00 e. The van der Waals surface area contributed by atoms with Crippen LogP contribution in [0.5, 0.6) is 0 Å². The third kappa shape index (κ3) is 8.56. The summed E-state index contributed by atoms with van der Waals surface area (Å²) in [5, 5.41) is 14.9. The van der Waals surface area contributed by atoms with Crippen molar-refractivity contribution in [3.8, 4) is 0 Å². The van der Waals surface area contributed by atoms with Crippen molar-refractivity contribution in [1.29, 1.82) is 0 Å². The van der Waals surface area contributed by atoms with E-state index in [9.17, 15) is 33.9 Å². The number of carbonyl (C=O) groups is 6. The maximum atomic E-state index is 11.8. The number of carboxylic acid groups (broad SMARTS) is 1. The Kier molecular flexibility index (Phi) is 10.3. The second kappa shape index (κ2) is 11.1. The molecule has 0 spiro atoms. The number of amides is 2. The number of nitrogens with one attached hydrogen (secondary N) is 2. The minimum Gasteiger partial charge on any atom is -0.548 e. The molecule has 12 nitrogen and oxygen atoms in total. The summed E-state index contributed by atoms with van der Waals surface area (Å²) >= 11 is 0. The summed E-state index contributed by atoms with van der Waals surface area (Å²) in [6, 6.07) is -2.97. The van der Waals surface area contributed by atoms with Gasteiger partial charge >= 0.3 is 56.1 Å². The minimum atomic E-state index is -2.76. The molecular formula is C12H14N2NaO10P. The number of hydrogen-bond acceptors (Lipinski definition) is 10. The Morgan fingerprint density at radius 3 is 2.35 bits per heavy atom. The summed E-state index contributed by atoms with van der Waals surface area (Å²) in [6.45, 7) is 2.15. The van der Waals surface area contributed by atoms with E-state index in [0.29, 0.717) is 0 Å². The molecule has 1 aliphatic heterocycles. The van der Waals surface area contributed by atoms with Crippen LogP contribution >= 0.6 is 8.60 Å². The first-order chi connectivity index (χ1) is 11.6. The largest absolute Gasteiger partial charge is 1.00 e. The first-order valence-corrected chi connectivity index (χ1v) is 7.86. The van der Waals surface area contributed by atoms with Gasteiger partial charge in [0, 0.05) is 13.8 Å². The fraction of sp³-hybridized carbons (Fsp3) is 0.500. The molecule has 0 radical (unpaired) electrons. The predicted molar refractivity (Wildman–Crippen MR) is 74.6 cm³/mol. The van der Waals surface area contributed by atoms with Crippen LogP contribution in [0.4, 0.5) is 0 Å². The van der Waals surface area contributed by atoms with E-state index in [1.165, 1.54) is 0 Å². The predicted octanol–water partition coefficient (Wildman–Crippen LogP) is -5.60. The monoisotopic (exact) mass is 400 g/mol. The SMILES string of the molecule is CC(=O)N[C@@H](CC(=O)OP1OC(=O)C[C@@H](NC(C)=O)C(=O)O1)C(=O)[O-].[Na+]. The number of hydrogen-bond donors (Lipinski definition) is 2. The van der Waals surface area contributed by atoms with E-state index in [1.807, 2.05) is 5.32 Å². The van der Waals surface area contributed by atoms with Crippen LogP contribution in [0.3, 0.4) is 0 Å². The topological polar surface area (TPSA) is 177 Å². The quantitative estimate of drug-likeness (QED) is 0.323. The molecule has 2 amide bonds. The zero-order chi connectivity index (χ0) is 19.1. The molecule has 0 aromatic carbocycles. The Bertz CT molecular complexity index is 613. The van der Waals surface area contributed by atoms with Crippen molar-refractivity contribution in [3.05, 3.63) is 0 Å². The maximum absolute atomic E-state index is 11.8. The van der Waals surface area contributed by atoms with E-state index in [-0.39, 0.29) is 29.6 Å². The van der Waals surface area contributed by atoms with Crippen molar-refractivity contribution in [2.45, 2.75) is 38.8 Å². The van der Waals surface area contributed by atoms with E-state index in [2.05, 4.69) is 18.9 Å². The molecule has 0 bridgehead atoms. The molecular weight excluding hydrogens is 386 g/mol. The Balaban J connectivity index is 0.00000625. The first-order valence-electron chi connectivity index (χ1n) is 6.77. The molecule has 0 saturated carbocycles. The molecule has 1 saturated heterocycles. The molecule has 1 unspecified atom stereocenters. The van der Waals surface area contributed by atoms with Gasteiger partial charge in [-0.25, -0.2) is 4.79 Å². The van der Waals surface area contributed by atoms with Crippen LogP contribution < -0.4 is 45.3 Å². The Labute approximate surface area is 170 Å². The average Bonchev–Trinajstić information content (AvgIpc) is 2.55. The number of carbonyl (C=O) groups excluding carboxylic acids is 6. The van der Waals surface area contributed by atoms with Gasteiger partial charge in [0.15, 0.2) is 0 Å². The van der Waals surface area contributed by atoms with Gasteiger partial charge in [-0.05, 0) is 0 Å². The zero-order valence-corrected chi connectivity index (χ0v) is 17.0. The molecule has 0 aliphatic carbocycles. The van der Waals surface area contributed by atoms with Crippen molar-refractivity contribution in [1.82, 2.24) is 10.6 Å². The second-order valence-electron chi connectivity index (χ2n) is 4.79. The average molecular weight is 400 g/mol. The van der Waals surface area contributed by atoms with Gasteiger partial charge in [0.05, 0.1) is 24.9 Å². The van der Waals surface area contributed by atoms with Gasteiger partial charge in [-0.1, -0.05) is 0 Å². The van der Waals surface area contributed by atoms with E-state index < -0.39 is 69.2 Å². The van der Waals surface area contributed by atoms with Crippen LogP contribution in [0.15, 0.2) is 0 Å². The molecule has 26 heavy (non-hydrogen) atoms. The Hall–Kier alpha value is -1.75.